The van der Waals surface area contributed by atoms with Crippen molar-refractivity contribution in [3.63, 3.8) is 0 Å². The molecule has 3 rings (SSSR count). The Bertz CT molecular complexity index is 1430. The number of ether oxygens (including phenoxy) is 2. The molecule has 0 spiro atoms. The molecule has 2 aromatic rings. The van der Waals surface area contributed by atoms with E-state index in [1.54, 1.807) is 36.4 Å². The van der Waals surface area contributed by atoms with Crippen molar-refractivity contribution in [3.8, 4) is 12.1 Å². The fourth-order valence-electron chi connectivity index (χ4n) is 3.88. The Morgan fingerprint density at radius 2 is 1.61 bits per heavy atom. The molecule has 1 atom stereocenters. The van der Waals surface area contributed by atoms with Crippen LogP contribution in [-0.2, 0) is 28.9 Å². The minimum absolute atomic E-state index is 0.0139. The van der Waals surface area contributed by atoms with E-state index in [1.807, 2.05) is 6.07 Å². The second-order valence-corrected chi connectivity index (χ2v) is 9.67. The molecule has 1 aliphatic heterocycles. The van der Waals surface area contributed by atoms with Crippen LogP contribution in [0.25, 0.3) is 0 Å². The van der Waals surface area contributed by atoms with Crippen LogP contribution in [0.15, 0.2) is 82.2 Å². The van der Waals surface area contributed by atoms with Gasteiger partial charge in [0.05, 0.1) is 54.1 Å². The van der Waals surface area contributed by atoms with Gasteiger partial charge >= 0.3 is 11.9 Å². The molecule has 0 aliphatic carbocycles. The zero-order valence-electron chi connectivity index (χ0n) is 19.5. The molecule has 11 heteroatoms. The van der Waals surface area contributed by atoms with Gasteiger partial charge in [-0.3, -0.25) is 4.90 Å². The lowest BCUT2D eigenvalue weighted by Crippen LogP contribution is -2.40. The zero-order chi connectivity index (χ0) is 26.5. The number of hydrogen-bond acceptors (Lipinski definition) is 10. The van der Waals surface area contributed by atoms with Gasteiger partial charge in [0.1, 0.15) is 11.5 Å². The first kappa shape index (κ1) is 26.0. The summed E-state index contributed by atoms with van der Waals surface area (Å²) in [5.74, 6) is -3.29. The quantitative estimate of drug-likeness (QED) is 0.551. The van der Waals surface area contributed by atoms with Crippen LogP contribution in [0.5, 0.6) is 0 Å². The van der Waals surface area contributed by atoms with Crippen LogP contribution in [0.2, 0.25) is 0 Å². The van der Waals surface area contributed by atoms with Crippen LogP contribution >= 0.6 is 0 Å². The van der Waals surface area contributed by atoms with Crippen molar-refractivity contribution in [3.05, 3.63) is 82.8 Å². The highest BCUT2D eigenvalue weighted by atomic mass is 32.2. The van der Waals surface area contributed by atoms with E-state index in [2.05, 4.69) is 0 Å². The molecule has 1 aliphatic rings. The second-order valence-electron chi connectivity index (χ2n) is 7.56. The number of anilines is 1. The van der Waals surface area contributed by atoms with Crippen LogP contribution in [-0.4, -0.2) is 40.3 Å². The molecule has 2 N–H and O–H groups in total. The van der Waals surface area contributed by atoms with E-state index in [9.17, 15) is 23.3 Å². The summed E-state index contributed by atoms with van der Waals surface area (Å²) in [5.41, 5.74) is 6.69. The van der Waals surface area contributed by atoms with Crippen LogP contribution in [0.1, 0.15) is 17.9 Å². The molecule has 2 aromatic carbocycles. The maximum absolute atomic E-state index is 13.0. The van der Waals surface area contributed by atoms with Gasteiger partial charge in [-0.2, -0.15) is 10.5 Å². The van der Waals surface area contributed by atoms with Crippen LogP contribution in [0.4, 0.5) is 5.69 Å². The van der Waals surface area contributed by atoms with Crippen LogP contribution < -0.4 is 10.6 Å². The van der Waals surface area contributed by atoms with Gasteiger partial charge in [0, 0.05) is 12.1 Å². The molecule has 0 saturated carbocycles. The topological polar surface area (TPSA) is 164 Å². The fourth-order valence-corrected chi connectivity index (χ4v) is 5.03. The molecule has 0 fully saturated rings. The molecule has 0 radical (unpaired) electrons. The number of benzene rings is 2. The third kappa shape index (κ3) is 4.78. The van der Waals surface area contributed by atoms with Gasteiger partial charge in [0.2, 0.25) is 0 Å². The molecule has 0 amide bonds. The van der Waals surface area contributed by atoms with Crippen LogP contribution in [0, 0.1) is 22.7 Å². The summed E-state index contributed by atoms with van der Waals surface area (Å²) >= 11 is 0. The molecular weight excluding hydrogens is 484 g/mol. The largest absolute Gasteiger partial charge is 0.466 e. The lowest BCUT2D eigenvalue weighted by Gasteiger charge is -2.35. The third-order valence-corrected chi connectivity index (χ3v) is 7.28. The summed E-state index contributed by atoms with van der Waals surface area (Å²) in [6.45, 7) is 0. The van der Waals surface area contributed by atoms with Gasteiger partial charge in [-0.1, -0.05) is 30.3 Å². The van der Waals surface area contributed by atoms with Gasteiger partial charge in [0.25, 0.3) is 0 Å². The van der Waals surface area contributed by atoms with Gasteiger partial charge in [-0.15, -0.1) is 0 Å². The van der Waals surface area contributed by atoms with Crippen LogP contribution in [0.3, 0.4) is 0 Å². The molecule has 0 bridgehead atoms. The van der Waals surface area contributed by atoms with E-state index < -0.39 is 27.7 Å². The second kappa shape index (κ2) is 10.8. The first-order valence-electron chi connectivity index (χ1n) is 10.6. The molecule has 184 valence electrons. The number of rotatable bonds is 7. The molecule has 0 saturated heterocycles. The SMILES string of the molecule is COC(=O)C1=C(C(=O)OC)N(c2ccc(S(=O)(=O)CCC#N)cc2)C(N)=C(C#N)C1c1ccccc1. The average Bonchev–Trinajstić information content (AvgIpc) is 2.90. The Balaban J connectivity index is 2.28. The van der Waals surface area contributed by atoms with Gasteiger partial charge in [0.15, 0.2) is 9.84 Å². The number of nitriles is 2. The number of nitrogens with zero attached hydrogens (tertiary/aromatic N) is 3. The number of carbonyl (C=O) groups is 2. The zero-order valence-corrected chi connectivity index (χ0v) is 20.3. The summed E-state index contributed by atoms with van der Waals surface area (Å²) in [6, 6.07) is 17.7. The maximum Gasteiger partial charge on any atom is 0.355 e. The van der Waals surface area contributed by atoms with E-state index in [4.69, 9.17) is 20.5 Å². The molecule has 0 aromatic heterocycles. The van der Waals surface area contributed by atoms with Crippen molar-refractivity contribution in [1.29, 1.82) is 10.5 Å². The number of methoxy groups -OCH3 is 2. The number of carbonyl (C=O) groups excluding carboxylic acids is 2. The highest BCUT2D eigenvalue weighted by molar-refractivity contribution is 7.91. The van der Waals surface area contributed by atoms with Gasteiger partial charge < -0.3 is 15.2 Å². The predicted octanol–water partition coefficient (Wildman–Crippen LogP) is 2.27. The molecular formula is C25H22N4O6S. The normalized spacial score (nSPS) is 15.7. The fraction of sp³-hybridized carbons (Fsp3) is 0.200. The summed E-state index contributed by atoms with van der Waals surface area (Å²) in [4.78, 5) is 27.2. The smallest absolute Gasteiger partial charge is 0.355 e. The Hall–Kier alpha value is -4.61. The number of sulfone groups is 1. The maximum atomic E-state index is 13.0. The average molecular weight is 507 g/mol. The summed E-state index contributed by atoms with van der Waals surface area (Å²) in [7, 11) is -1.45. The van der Waals surface area contributed by atoms with Crippen molar-refractivity contribution in [2.45, 2.75) is 17.2 Å². The predicted molar refractivity (Wildman–Crippen MR) is 128 cm³/mol. The van der Waals surface area contributed by atoms with Gasteiger partial charge in [-0.05, 0) is 29.8 Å². The van der Waals surface area contributed by atoms with Crippen molar-refractivity contribution in [2.24, 2.45) is 5.73 Å². The number of esters is 2. The first-order chi connectivity index (χ1) is 17.2. The van der Waals surface area contributed by atoms with Crippen molar-refractivity contribution < 1.29 is 27.5 Å². The van der Waals surface area contributed by atoms with E-state index in [0.717, 1.165) is 14.2 Å². The minimum Gasteiger partial charge on any atom is -0.466 e. The van der Waals surface area contributed by atoms with Gasteiger partial charge in [-0.25, -0.2) is 18.0 Å². The highest BCUT2D eigenvalue weighted by Gasteiger charge is 2.43. The number of nitrogens with two attached hydrogens (primary N) is 1. The lowest BCUT2D eigenvalue weighted by molar-refractivity contribution is -0.139. The van der Waals surface area contributed by atoms with Crippen molar-refractivity contribution >= 4 is 27.5 Å². The Labute approximate surface area is 208 Å². The summed E-state index contributed by atoms with van der Waals surface area (Å²) < 4.78 is 34.8. The molecule has 1 heterocycles. The molecule has 36 heavy (non-hydrogen) atoms. The van der Waals surface area contributed by atoms with E-state index in [1.165, 1.54) is 29.2 Å². The first-order valence-corrected chi connectivity index (χ1v) is 12.2. The minimum atomic E-state index is -3.72. The lowest BCUT2D eigenvalue weighted by atomic mass is 9.81. The third-order valence-electron chi connectivity index (χ3n) is 5.55. The van der Waals surface area contributed by atoms with E-state index in [0.29, 0.717) is 5.56 Å². The standard InChI is InChI=1S/C25H22N4O6S/c1-34-24(30)21-20(16-7-4-3-5-8-16)19(15-27)23(28)29(22(21)25(31)35-2)17-9-11-18(12-10-17)36(32,33)14-6-13-26/h3-5,7-12,20H,6,14,28H2,1-2H3. The van der Waals surface area contributed by atoms with Crippen molar-refractivity contribution in [2.75, 3.05) is 24.9 Å². The highest BCUT2D eigenvalue weighted by Crippen LogP contribution is 2.43. The Kier molecular flexibility index (Phi) is 7.77. The van der Waals surface area contributed by atoms with E-state index in [-0.39, 0.29) is 45.4 Å². The molecule has 1 unspecified atom stereocenters. The Morgan fingerprint density at radius 3 is 2.14 bits per heavy atom. The molecule has 10 nitrogen and oxygen atoms in total. The number of allylic oxidation sites excluding steroid dienone is 1. The monoisotopic (exact) mass is 506 g/mol. The summed E-state index contributed by atoms with van der Waals surface area (Å²) in [6.07, 6.45) is -0.171. The van der Waals surface area contributed by atoms with Crippen molar-refractivity contribution in [1.82, 2.24) is 0 Å². The van der Waals surface area contributed by atoms with E-state index >= 15 is 0 Å². The summed E-state index contributed by atoms with van der Waals surface area (Å²) in [5, 5.41) is 18.7. The number of hydrogen-bond donors (Lipinski definition) is 1. The Morgan fingerprint density at radius 1 is 1.00 bits per heavy atom.